The molecule has 0 aliphatic heterocycles. The molecule has 1 aromatic heterocycles. The molecule has 204 valence electrons. The number of carbonyl (C=O) groups is 2. The van der Waals surface area contributed by atoms with Crippen LogP contribution < -0.4 is 10.1 Å². The van der Waals surface area contributed by atoms with Crippen molar-refractivity contribution < 1.29 is 23.1 Å². The van der Waals surface area contributed by atoms with Crippen LogP contribution in [0, 0.1) is 11.6 Å². The van der Waals surface area contributed by atoms with E-state index < -0.39 is 17.7 Å². The number of methoxy groups -OCH3 is 1. The van der Waals surface area contributed by atoms with E-state index in [-0.39, 0.29) is 18.1 Å². The first kappa shape index (κ1) is 27.6. The molecule has 0 radical (unpaired) electrons. The molecule has 0 saturated heterocycles. The molecule has 0 atom stereocenters. The molecule has 3 amide bonds. The number of amides is 3. The van der Waals surface area contributed by atoms with Gasteiger partial charge in [-0.3, -0.25) is 4.79 Å². The molecule has 0 unspecified atom stereocenters. The van der Waals surface area contributed by atoms with Gasteiger partial charge < -0.3 is 24.8 Å². The van der Waals surface area contributed by atoms with Gasteiger partial charge in [-0.05, 0) is 54.3 Å². The van der Waals surface area contributed by atoms with Crippen LogP contribution >= 0.6 is 0 Å². The zero-order valence-corrected chi connectivity index (χ0v) is 22.0. The van der Waals surface area contributed by atoms with Crippen LogP contribution in [0.1, 0.15) is 24.5 Å². The van der Waals surface area contributed by atoms with Crippen molar-refractivity contribution in [1.82, 2.24) is 14.8 Å². The van der Waals surface area contributed by atoms with Crippen LogP contribution in [-0.2, 0) is 17.8 Å². The second kappa shape index (κ2) is 12.9. The molecule has 0 fully saturated rings. The number of nitrogens with one attached hydrogen (secondary N) is 2. The SMILES string of the molecule is CCCN(CC(=O)N(CCc1c[nH]c2ccccc12)Cc1ccc(OC)cc1)C(=O)Nc1ccc(F)cc1F. The molecule has 7 nitrogen and oxygen atoms in total. The Morgan fingerprint density at radius 3 is 2.46 bits per heavy atom. The second-order valence-corrected chi connectivity index (χ2v) is 9.25. The highest BCUT2D eigenvalue weighted by Crippen LogP contribution is 2.20. The van der Waals surface area contributed by atoms with Gasteiger partial charge in [0.25, 0.3) is 0 Å². The van der Waals surface area contributed by atoms with E-state index in [9.17, 15) is 18.4 Å². The number of aromatic amines is 1. The average Bonchev–Trinajstić information content (AvgIpc) is 3.35. The third-order valence-corrected chi connectivity index (χ3v) is 6.49. The summed E-state index contributed by atoms with van der Waals surface area (Å²) in [7, 11) is 1.59. The van der Waals surface area contributed by atoms with Gasteiger partial charge in [0.15, 0.2) is 0 Å². The van der Waals surface area contributed by atoms with Crippen LogP contribution in [0.2, 0.25) is 0 Å². The summed E-state index contributed by atoms with van der Waals surface area (Å²) in [5.41, 5.74) is 2.89. The molecule has 0 bridgehead atoms. The van der Waals surface area contributed by atoms with Gasteiger partial charge in [-0.1, -0.05) is 37.3 Å². The Balaban J connectivity index is 1.51. The van der Waals surface area contributed by atoms with Crippen LogP contribution in [0.25, 0.3) is 10.9 Å². The summed E-state index contributed by atoms with van der Waals surface area (Å²) >= 11 is 0. The Bertz CT molecular complexity index is 1420. The predicted octanol–water partition coefficient (Wildman–Crippen LogP) is 5.97. The molecule has 1 heterocycles. The number of fused-ring (bicyclic) bond motifs is 1. The number of urea groups is 1. The highest BCUT2D eigenvalue weighted by Gasteiger charge is 2.22. The molecule has 4 rings (SSSR count). The van der Waals surface area contributed by atoms with Crippen molar-refractivity contribution in [2.75, 3.05) is 32.1 Å². The van der Waals surface area contributed by atoms with Crippen LogP contribution in [0.5, 0.6) is 5.75 Å². The van der Waals surface area contributed by atoms with E-state index in [0.29, 0.717) is 44.3 Å². The quantitative estimate of drug-likeness (QED) is 0.249. The largest absolute Gasteiger partial charge is 0.497 e. The second-order valence-electron chi connectivity index (χ2n) is 9.25. The van der Waals surface area contributed by atoms with Crippen molar-refractivity contribution in [1.29, 1.82) is 0 Å². The zero-order chi connectivity index (χ0) is 27.8. The van der Waals surface area contributed by atoms with Crippen LogP contribution in [-0.4, -0.2) is 53.5 Å². The fraction of sp³-hybridized carbons (Fsp3) is 0.267. The summed E-state index contributed by atoms with van der Waals surface area (Å²) in [5.74, 6) is -1.15. The first-order chi connectivity index (χ1) is 18.9. The minimum absolute atomic E-state index is 0.149. The van der Waals surface area contributed by atoms with Gasteiger partial charge in [0.1, 0.15) is 23.9 Å². The first-order valence-electron chi connectivity index (χ1n) is 12.8. The molecule has 9 heteroatoms. The lowest BCUT2D eigenvalue weighted by Crippen LogP contribution is -2.45. The van der Waals surface area contributed by atoms with Crippen molar-refractivity contribution in [3.63, 3.8) is 0 Å². The molecular formula is C30H32F2N4O3. The topological polar surface area (TPSA) is 77.7 Å². The fourth-order valence-electron chi connectivity index (χ4n) is 4.41. The lowest BCUT2D eigenvalue weighted by atomic mass is 10.1. The maximum absolute atomic E-state index is 14.1. The monoisotopic (exact) mass is 534 g/mol. The van der Waals surface area contributed by atoms with E-state index in [0.717, 1.165) is 34.2 Å². The van der Waals surface area contributed by atoms with E-state index >= 15 is 0 Å². The maximum Gasteiger partial charge on any atom is 0.322 e. The molecular weight excluding hydrogens is 502 g/mol. The summed E-state index contributed by atoms with van der Waals surface area (Å²) in [6.07, 6.45) is 3.17. The number of aromatic nitrogens is 1. The number of halogens is 2. The van der Waals surface area contributed by atoms with Crippen molar-refractivity contribution in [3.05, 3.63) is 95.7 Å². The summed E-state index contributed by atoms with van der Waals surface area (Å²) < 4.78 is 32.7. The molecule has 0 aliphatic rings. The number of para-hydroxylation sites is 1. The lowest BCUT2D eigenvalue weighted by molar-refractivity contribution is -0.132. The van der Waals surface area contributed by atoms with E-state index in [1.165, 1.54) is 4.90 Å². The number of carbonyl (C=O) groups excluding carboxylic acids is 2. The van der Waals surface area contributed by atoms with E-state index in [2.05, 4.69) is 10.3 Å². The Morgan fingerprint density at radius 1 is 0.974 bits per heavy atom. The van der Waals surface area contributed by atoms with Crippen LogP contribution in [0.4, 0.5) is 19.3 Å². The number of nitrogens with zero attached hydrogens (tertiary/aromatic N) is 2. The molecule has 3 aromatic carbocycles. The first-order valence-corrected chi connectivity index (χ1v) is 12.8. The van der Waals surface area contributed by atoms with Gasteiger partial charge in [0.2, 0.25) is 5.91 Å². The van der Waals surface area contributed by atoms with E-state index in [1.54, 1.807) is 12.0 Å². The van der Waals surface area contributed by atoms with Crippen molar-refractivity contribution in [2.45, 2.75) is 26.3 Å². The van der Waals surface area contributed by atoms with Crippen molar-refractivity contribution in [2.24, 2.45) is 0 Å². The third-order valence-electron chi connectivity index (χ3n) is 6.49. The minimum Gasteiger partial charge on any atom is -0.497 e. The molecule has 39 heavy (non-hydrogen) atoms. The summed E-state index contributed by atoms with van der Waals surface area (Å²) in [6, 6.07) is 17.8. The normalized spacial score (nSPS) is 10.9. The third kappa shape index (κ3) is 7.13. The van der Waals surface area contributed by atoms with Crippen molar-refractivity contribution in [3.8, 4) is 5.75 Å². The lowest BCUT2D eigenvalue weighted by Gasteiger charge is -2.28. The fourth-order valence-corrected chi connectivity index (χ4v) is 4.41. The van der Waals surface area contributed by atoms with Gasteiger partial charge in [-0.25, -0.2) is 13.6 Å². The van der Waals surface area contributed by atoms with E-state index in [4.69, 9.17) is 4.74 Å². The standard InChI is InChI=1S/C30H32F2N4O3/c1-3-15-36(30(38)34-28-13-10-23(31)17-26(28)32)20-29(37)35(19-21-8-11-24(39-2)12-9-21)16-14-22-18-33-27-7-5-4-6-25(22)27/h4-13,17-18,33H,3,14-16,19-20H2,1-2H3,(H,34,38). The minimum atomic E-state index is -0.883. The Kier molecular flexibility index (Phi) is 9.14. The molecule has 0 aliphatic carbocycles. The van der Waals surface area contributed by atoms with Gasteiger partial charge >= 0.3 is 6.03 Å². The Hall–Kier alpha value is -4.40. The van der Waals surface area contributed by atoms with Crippen LogP contribution in [0.15, 0.2) is 72.9 Å². The Labute approximate surface area is 226 Å². The van der Waals surface area contributed by atoms with Gasteiger partial charge in [0.05, 0.1) is 12.8 Å². The Morgan fingerprint density at radius 2 is 1.74 bits per heavy atom. The molecule has 4 aromatic rings. The number of rotatable bonds is 11. The zero-order valence-electron chi connectivity index (χ0n) is 22.0. The summed E-state index contributed by atoms with van der Waals surface area (Å²) in [6.45, 7) is 2.77. The summed E-state index contributed by atoms with van der Waals surface area (Å²) in [5, 5.41) is 3.56. The predicted molar refractivity (Wildman–Crippen MR) is 148 cm³/mol. The summed E-state index contributed by atoms with van der Waals surface area (Å²) in [4.78, 5) is 32.9. The number of ether oxygens (including phenoxy) is 1. The average molecular weight is 535 g/mol. The maximum atomic E-state index is 14.1. The highest BCUT2D eigenvalue weighted by atomic mass is 19.1. The number of hydrogen-bond acceptors (Lipinski definition) is 3. The number of hydrogen-bond donors (Lipinski definition) is 2. The smallest absolute Gasteiger partial charge is 0.322 e. The molecule has 0 spiro atoms. The van der Waals surface area contributed by atoms with E-state index in [1.807, 2.05) is 61.7 Å². The highest BCUT2D eigenvalue weighted by molar-refractivity contribution is 5.92. The molecule has 0 saturated carbocycles. The number of benzene rings is 3. The number of anilines is 1. The molecule has 2 N–H and O–H groups in total. The van der Waals surface area contributed by atoms with Gasteiger partial charge in [0, 0.05) is 42.8 Å². The van der Waals surface area contributed by atoms with Crippen molar-refractivity contribution >= 4 is 28.5 Å². The van der Waals surface area contributed by atoms with Gasteiger partial charge in [-0.2, -0.15) is 0 Å². The van der Waals surface area contributed by atoms with Crippen LogP contribution in [0.3, 0.4) is 0 Å². The van der Waals surface area contributed by atoms with Gasteiger partial charge in [-0.15, -0.1) is 0 Å². The number of H-pyrrole nitrogens is 1.